The second-order valence-corrected chi connectivity index (χ2v) is 8.16. The molecule has 0 atom stereocenters. The van der Waals surface area contributed by atoms with Gasteiger partial charge in [-0.3, -0.25) is 14.4 Å². The first kappa shape index (κ1) is 20.7. The van der Waals surface area contributed by atoms with Crippen molar-refractivity contribution < 1.29 is 19.8 Å². The number of amides is 1. The number of benzene rings is 2. The van der Waals surface area contributed by atoms with E-state index in [-0.39, 0.29) is 12.3 Å². The van der Waals surface area contributed by atoms with Gasteiger partial charge in [-0.1, -0.05) is 54.6 Å². The molecule has 0 saturated carbocycles. The number of aromatic hydroxyl groups is 1. The Morgan fingerprint density at radius 2 is 1.68 bits per heavy atom. The van der Waals surface area contributed by atoms with Crippen LogP contribution in [0.15, 0.2) is 59.4 Å². The lowest BCUT2D eigenvalue weighted by molar-refractivity contribution is -0.135. The summed E-state index contributed by atoms with van der Waals surface area (Å²) >= 11 is 1.54. The van der Waals surface area contributed by atoms with Gasteiger partial charge >= 0.3 is 5.97 Å². The number of aliphatic carboxylic acids is 1. The Morgan fingerprint density at radius 1 is 1.00 bits per heavy atom. The van der Waals surface area contributed by atoms with Crippen LogP contribution in [0, 0.1) is 0 Å². The van der Waals surface area contributed by atoms with Crippen LogP contribution in [0.1, 0.15) is 27.2 Å². The number of hydrogen-bond acceptors (Lipinski definition) is 5. The van der Waals surface area contributed by atoms with Crippen LogP contribution in [-0.2, 0) is 22.8 Å². The van der Waals surface area contributed by atoms with Gasteiger partial charge in [0.1, 0.15) is 17.9 Å². The van der Waals surface area contributed by atoms with Crippen LogP contribution in [-0.4, -0.2) is 33.2 Å². The fraction of sp³-hybridized carbons (Fsp3) is 0.174. The van der Waals surface area contributed by atoms with Crippen molar-refractivity contribution in [3.63, 3.8) is 0 Å². The zero-order chi connectivity index (χ0) is 22.0. The highest BCUT2D eigenvalue weighted by molar-refractivity contribution is 7.98. The lowest BCUT2D eigenvalue weighted by Crippen LogP contribution is -2.37. The number of carbonyl (C=O) groups excluding carboxylic acids is 1. The van der Waals surface area contributed by atoms with Crippen molar-refractivity contribution in [2.75, 3.05) is 6.54 Å². The molecule has 3 N–H and O–H groups in total. The van der Waals surface area contributed by atoms with Crippen LogP contribution >= 0.6 is 11.8 Å². The summed E-state index contributed by atoms with van der Waals surface area (Å²) in [5.74, 6) is -1.45. The zero-order valence-corrected chi connectivity index (χ0v) is 17.3. The maximum Gasteiger partial charge on any atom is 0.322 e. The van der Waals surface area contributed by atoms with E-state index in [1.165, 1.54) is 4.57 Å². The van der Waals surface area contributed by atoms with E-state index in [2.05, 4.69) is 5.32 Å². The highest BCUT2D eigenvalue weighted by Gasteiger charge is 2.28. The number of carboxylic acids is 1. The van der Waals surface area contributed by atoms with E-state index < -0.39 is 29.5 Å². The normalized spacial score (nSPS) is 12.4. The number of nitrogens with zero attached hydrogens (tertiary/aromatic N) is 1. The van der Waals surface area contributed by atoms with E-state index in [0.29, 0.717) is 22.8 Å². The van der Waals surface area contributed by atoms with Gasteiger partial charge in [0.05, 0.1) is 6.54 Å². The number of nitrogens with one attached hydrogen (secondary N) is 1. The molecule has 7 nitrogen and oxygen atoms in total. The van der Waals surface area contributed by atoms with Crippen LogP contribution in [0.2, 0.25) is 0 Å². The maximum atomic E-state index is 13.1. The number of pyridine rings is 1. The topological polar surface area (TPSA) is 109 Å². The average Bonchev–Trinajstić information content (AvgIpc) is 3.26. The minimum Gasteiger partial charge on any atom is -0.507 e. The minimum absolute atomic E-state index is 0.246. The molecule has 158 valence electrons. The van der Waals surface area contributed by atoms with Gasteiger partial charge in [0.15, 0.2) is 0 Å². The first-order chi connectivity index (χ1) is 15.0. The van der Waals surface area contributed by atoms with E-state index in [0.717, 1.165) is 16.7 Å². The van der Waals surface area contributed by atoms with Crippen molar-refractivity contribution in [2.24, 2.45) is 0 Å². The molecule has 0 unspecified atom stereocenters. The predicted molar refractivity (Wildman–Crippen MR) is 118 cm³/mol. The van der Waals surface area contributed by atoms with Crippen molar-refractivity contribution in [1.29, 1.82) is 0 Å². The molecular weight excluding hydrogens is 416 g/mol. The van der Waals surface area contributed by atoms with Crippen molar-refractivity contribution in [3.8, 4) is 16.9 Å². The number of rotatable bonds is 6. The summed E-state index contributed by atoms with van der Waals surface area (Å²) in [6.45, 7) is -0.388. The van der Waals surface area contributed by atoms with E-state index in [1.807, 2.05) is 54.6 Å². The van der Waals surface area contributed by atoms with E-state index in [4.69, 9.17) is 5.11 Å². The molecular formula is C23H20N2O5S. The van der Waals surface area contributed by atoms with Gasteiger partial charge < -0.3 is 20.1 Å². The average molecular weight is 436 g/mol. The molecule has 3 aromatic rings. The Labute approximate surface area is 182 Å². The van der Waals surface area contributed by atoms with Crippen molar-refractivity contribution in [1.82, 2.24) is 9.88 Å². The molecule has 8 heteroatoms. The Hall–Kier alpha value is -3.52. The Kier molecular flexibility index (Phi) is 5.81. The van der Waals surface area contributed by atoms with Gasteiger partial charge in [-0.05, 0) is 16.7 Å². The predicted octanol–water partition coefficient (Wildman–Crippen LogP) is 2.83. The van der Waals surface area contributed by atoms with E-state index in [1.54, 1.807) is 11.8 Å². The second-order valence-electron chi connectivity index (χ2n) is 7.17. The quantitative estimate of drug-likeness (QED) is 0.548. The molecule has 0 aliphatic carbocycles. The lowest BCUT2D eigenvalue weighted by Gasteiger charge is -2.16. The number of fused-ring (bicyclic) bond motifs is 1. The fourth-order valence-electron chi connectivity index (χ4n) is 3.61. The zero-order valence-electron chi connectivity index (χ0n) is 16.5. The van der Waals surface area contributed by atoms with Gasteiger partial charge in [0, 0.05) is 22.8 Å². The first-order valence-electron chi connectivity index (χ1n) is 9.65. The smallest absolute Gasteiger partial charge is 0.322 e. The molecule has 1 aromatic heterocycles. The molecule has 0 saturated heterocycles. The Morgan fingerprint density at radius 3 is 2.35 bits per heavy atom. The monoisotopic (exact) mass is 436 g/mol. The van der Waals surface area contributed by atoms with Gasteiger partial charge in [0.2, 0.25) is 0 Å². The largest absolute Gasteiger partial charge is 0.507 e. The summed E-state index contributed by atoms with van der Waals surface area (Å²) in [4.78, 5) is 36.3. The second kappa shape index (κ2) is 8.69. The number of carbonyl (C=O) groups is 2. The van der Waals surface area contributed by atoms with Gasteiger partial charge in [-0.2, -0.15) is 11.8 Å². The summed E-state index contributed by atoms with van der Waals surface area (Å²) < 4.78 is 1.50. The lowest BCUT2D eigenvalue weighted by atomic mass is 10.0. The summed E-state index contributed by atoms with van der Waals surface area (Å²) in [7, 11) is 0. The van der Waals surface area contributed by atoms with Crippen molar-refractivity contribution in [3.05, 3.63) is 87.3 Å². The Bertz CT molecular complexity index is 1200. The maximum absolute atomic E-state index is 13.1. The number of hydrogen-bond donors (Lipinski definition) is 3. The first-order valence-corrected chi connectivity index (χ1v) is 10.8. The van der Waals surface area contributed by atoms with Crippen LogP contribution in [0.5, 0.6) is 5.75 Å². The summed E-state index contributed by atoms with van der Waals surface area (Å²) in [5, 5.41) is 21.5. The van der Waals surface area contributed by atoms with Crippen LogP contribution in [0.25, 0.3) is 11.1 Å². The third-order valence-electron chi connectivity index (χ3n) is 5.17. The van der Waals surface area contributed by atoms with Gasteiger partial charge in [-0.25, -0.2) is 0 Å². The number of thioether (sulfide) groups is 1. The van der Waals surface area contributed by atoms with Gasteiger partial charge in [-0.15, -0.1) is 0 Å². The van der Waals surface area contributed by atoms with Crippen LogP contribution in [0.3, 0.4) is 0 Å². The summed E-state index contributed by atoms with van der Waals surface area (Å²) in [5.41, 5.74) is 3.21. The molecule has 0 fully saturated rings. The molecule has 1 aliphatic rings. The number of carboxylic acid groups (broad SMARTS) is 1. The molecule has 2 heterocycles. The minimum atomic E-state index is -1.23. The molecule has 4 rings (SSSR count). The molecule has 0 spiro atoms. The third kappa shape index (κ3) is 4.20. The van der Waals surface area contributed by atoms with E-state index in [9.17, 15) is 19.5 Å². The summed E-state index contributed by atoms with van der Waals surface area (Å²) in [6, 6.07) is 17.8. The Balaban J connectivity index is 1.69. The fourth-order valence-corrected chi connectivity index (χ4v) is 4.74. The van der Waals surface area contributed by atoms with Gasteiger partial charge in [0.25, 0.3) is 11.5 Å². The third-order valence-corrected chi connectivity index (χ3v) is 6.14. The van der Waals surface area contributed by atoms with E-state index >= 15 is 0 Å². The summed E-state index contributed by atoms with van der Waals surface area (Å²) in [6.07, 6.45) is 0. The highest BCUT2D eigenvalue weighted by atomic mass is 32.2. The van der Waals surface area contributed by atoms with Crippen molar-refractivity contribution in [2.45, 2.75) is 18.1 Å². The molecule has 1 amide bonds. The highest BCUT2D eigenvalue weighted by Crippen LogP contribution is 2.36. The van der Waals surface area contributed by atoms with Crippen LogP contribution < -0.4 is 10.9 Å². The van der Waals surface area contributed by atoms with Crippen molar-refractivity contribution >= 4 is 23.6 Å². The molecule has 0 bridgehead atoms. The number of aromatic nitrogens is 1. The molecule has 31 heavy (non-hydrogen) atoms. The molecule has 0 radical (unpaired) electrons. The SMILES string of the molecule is O=C(O)CNC(=O)c1c(O)c2c(n(Cc3ccc(-c4ccccc4)cc3)c1=O)CSC2. The molecule has 2 aromatic carbocycles. The molecule has 1 aliphatic heterocycles. The standard InChI is InChI=1S/C23H20N2O5S/c26-19(27)10-24-22(29)20-21(28)17-12-31-13-18(17)25(23(20)30)11-14-6-8-16(9-7-14)15-4-2-1-3-5-15/h1-9,28H,10-13H2,(H,24,29)(H,26,27). The van der Waals surface area contributed by atoms with Crippen LogP contribution in [0.4, 0.5) is 0 Å².